The van der Waals surface area contributed by atoms with Crippen molar-refractivity contribution in [2.45, 2.75) is 32.7 Å². The molecule has 1 unspecified atom stereocenters. The summed E-state index contributed by atoms with van der Waals surface area (Å²) in [6.45, 7) is 5.06. The lowest BCUT2D eigenvalue weighted by atomic mass is 10.1. The summed E-state index contributed by atoms with van der Waals surface area (Å²) in [6, 6.07) is 7.51. The molecular weight excluding hydrogens is 240 g/mol. The average Bonchev–Trinajstić information content (AvgIpc) is 2.88. The second-order valence-corrected chi connectivity index (χ2v) is 4.72. The fourth-order valence-corrected chi connectivity index (χ4v) is 2.59. The number of nitriles is 1. The lowest BCUT2D eigenvalue weighted by molar-refractivity contribution is -0.144. The molecule has 1 aromatic carbocycles. The Morgan fingerprint density at radius 2 is 2.37 bits per heavy atom. The number of rotatable bonds is 3. The highest BCUT2D eigenvalue weighted by molar-refractivity contribution is 5.81. The molecule has 1 atom stereocenters. The molecule has 1 aliphatic heterocycles. The highest BCUT2D eigenvalue weighted by Crippen LogP contribution is 2.29. The number of ether oxygens (including phenoxy) is 1. The van der Waals surface area contributed by atoms with Crippen LogP contribution >= 0.6 is 0 Å². The number of carbonyl (C=O) groups is 1. The highest BCUT2D eigenvalue weighted by atomic mass is 16.5. The Morgan fingerprint density at radius 1 is 1.58 bits per heavy atom. The molecule has 100 valence electrons. The van der Waals surface area contributed by atoms with Gasteiger partial charge in [0.2, 0.25) is 0 Å². The number of nitrogens with zero attached hydrogens (tertiary/aromatic N) is 2. The predicted molar refractivity (Wildman–Crippen MR) is 72.9 cm³/mol. The zero-order valence-corrected chi connectivity index (χ0v) is 11.3. The van der Waals surface area contributed by atoms with Gasteiger partial charge in [0.15, 0.2) is 0 Å². The molecule has 0 N–H and O–H groups in total. The van der Waals surface area contributed by atoms with E-state index in [9.17, 15) is 4.79 Å². The Labute approximate surface area is 113 Å². The van der Waals surface area contributed by atoms with Crippen molar-refractivity contribution < 1.29 is 9.53 Å². The van der Waals surface area contributed by atoms with Crippen LogP contribution in [0, 0.1) is 18.3 Å². The monoisotopic (exact) mass is 258 g/mol. The van der Waals surface area contributed by atoms with Gasteiger partial charge in [-0.2, -0.15) is 5.26 Å². The van der Waals surface area contributed by atoms with Gasteiger partial charge < -0.3 is 9.64 Å². The van der Waals surface area contributed by atoms with E-state index >= 15 is 0 Å². The first-order valence-electron chi connectivity index (χ1n) is 6.61. The van der Waals surface area contributed by atoms with Crippen molar-refractivity contribution in [1.29, 1.82) is 5.26 Å². The SMILES string of the molecule is CCOC(=O)C1CCCN1c1ccc(C#N)cc1C. The van der Waals surface area contributed by atoms with E-state index in [0.29, 0.717) is 12.2 Å². The van der Waals surface area contributed by atoms with Crippen LogP contribution in [0.2, 0.25) is 0 Å². The average molecular weight is 258 g/mol. The van der Waals surface area contributed by atoms with Gasteiger partial charge in [0, 0.05) is 12.2 Å². The largest absolute Gasteiger partial charge is 0.464 e. The predicted octanol–water partition coefficient (Wildman–Crippen LogP) is 2.40. The number of carbonyl (C=O) groups excluding carboxylic acids is 1. The fourth-order valence-electron chi connectivity index (χ4n) is 2.59. The molecule has 0 amide bonds. The van der Waals surface area contributed by atoms with Crippen LogP contribution in [0.15, 0.2) is 18.2 Å². The molecule has 0 aromatic heterocycles. The summed E-state index contributed by atoms with van der Waals surface area (Å²) < 4.78 is 5.13. The van der Waals surface area contributed by atoms with Crippen molar-refractivity contribution in [1.82, 2.24) is 0 Å². The summed E-state index contributed by atoms with van der Waals surface area (Å²) in [5, 5.41) is 8.89. The molecule has 0 bridgehead atoms. The smallest absolute Gasteiger partial charge is 0.328 e. The van der Waals surface area contributed by atoms with Crippen LogP contribution in [-0.4, -0.2) is 25.2 Å². The van der Waals surface area contributed by atoms with Crippen LogP contribution in [0.5, 0.6) is 0 Å². The minimum Gasteiger partial charge on any atom is -0.464 e. The van der Waals surface area contributed by atoms with Gasteiger partial charge in [-0.05, 0) is 50.5 Å². The first-order chi connectivity index (χ1) is 9.17. The maximum Gasteiger partial charge on any atom is 0.328 e. The zero-order chi connectivity index (χ0) is 13.8. The molecule has 0 saturated carbocycles. The van der Waals surface area contributed by atoms with E-state index in [2.05, 4.69) is 11.0 Å². The fraction of sp³-hybridized carbons (Fsp3) is 0.467. The first kappa shape index (κ1) is 13.4. The van der Waals surface area contributed by atoms with Crippen molar-refractivity contribution in [3.63, 3.8) is 0 Å². The molecule has 0 radical (unpaired) electrons. The third kappa shape index (κ3) is 2.70. The van der Waals surface area contributed by atoms with Crippen LogP contribution in [0.3, 0.4) is 0 Å². The molecule has 19 heavy (non-hydrogen) atoms. The Kier molecular flexibility index (Phi) is 4.06. The summed E-state index contributed by atoms with van der Waals surface area (Å²) in [6.07, 6.45) is 1.82. The number of aryl methyl sites for hydroxylation is 1. The summed E-state index contributed by atoms with van der Waals surface area (Å²) in [5.41, 5.74) is 2.69. The zero-order valence-electron chi connectivity index (χ0n) is 11.3. The quantitative estimate of drug-likeness (QED) is 0.781. The minimum absolute atomic E-state index is 0.149. The summed E-state index contributed by atoms with van der Waals surface area (Å²) in [4.78, 5) is 14.0. The molecule has 1 heterocycles. The molecule has 1 fully saturated rings. The molecule has 2 rings (SSSR count). The maximum atomic E-state index is 11.9. The van der Waals surface area contributed by atoms with Crippen LogP contribution in [0.1, 0.15) is 30.9 Å². The van der Waals surface area contributed by atoms with Gasteiger partial charge in [-0.15, -0.1) is 0 Å². The van der Waals surface area contributed by atoms with Crippen LogP contribution < -0.4 is 4.90 Å². The highest BCUT2D eigenvalue weighted by Gasteiger charge is 2.32. The molecule has 0 spiro atoms. The van der Waals surface area contributed by atoms with E-state index in [1.54, 1.807) is 6.07 Å². The number of esters is 1. The van der Waals surface area contributed by atoms with E-state index < -0.39 is 0 Å². The molecule has 1 aliphatic rings. The second kappa shape index (κ2) is 5.75. The topological polar surface area (TPSA) is 53.3 Å². The van der Waals surface area contributed by atoms with Crippen LogP contribution in [0.25, 0.3) is 0 Å². The Bertz CT molecular complexity index is 519. The molecule has 1 aromatic rings. The van der Waals surface area contributed by atoms with Crippen molar-refractivity contribution in [2.24, 2.45) is 0 Å². The van der Waals surface area contributed by atoms with Crippen LogP contribution in [-0.2, 0) is 9.53 Å². The summed E-state index contributed by atoms with van der Waals surface area (Å²) in [7, 11) is 0. The van der Waals surface area contributed by atoms with Crippen molar-refractivity contribution >= 4 is 11.7 Å². The summed E-state index contributed by atoms with van der Waals surface area (Å²) in [5.74, 6) is -0.149. The van der Waals surface area contributed by atoms with Gasteiger partial charge in [-0.1, -0.05) is 0 Å². The van der Waals surface area contributed by atoms with E-state index in [1.165, 1.54) is 0 Å². The van der Waals surface area contributed by atoms with Crippen molar-refractivity contribution in [2.75, 3.05) is 18.1 Å². The Balaban J connectivity index is 2.25. The molecule has 1 saturated heterocycles. The lowest BCUT2D eigenvalue weighted by Crippen LogP contribution is -2.37. The molecule has 0 aliphatic carbocycles. The Morgan fingerprint density at radius 3 is 3.00 bits per heavy atom. The van der Waals surface area contributed by atoms with Gasteiger partial charge in [0.1, 0.15) is 6.04 Å². The normalized spacial score (nSPS) is 18.2. The van der Waals surface area contributed by atoms with E-state index in [-0.39, 0.29) is 12.0 Å². The number of hydrogen-bond acceptors (Lipinski definition) is 4. The third-order valence-corrected chi connectivity index (χ3v) is 3.45. The Hall–Kier alpha value is -2.02. The van der Waals surface area contributed by atoms with Gasteiger partial charge in [-0.3, -0.25) is 0 Å². The van der Waals surface area contributed by atoms with Gasteiger partial charge in [0.25, 0.3) is 0 Å². The minimum atomic E-state index is -0.188. The number of benzene rings is 1. The number of hydrogen-bond donors (Lipinski definition) is 0. The van der Waals surface area contributed by atoms with Crippen molar-refractivity contribution in [3.8, 4) is 6.07 Å². The molecular formula is C15H18N2O2. The van der Waals surface area contributed by atoms with E-state index in [4.69, 9.17) is 10.00 Å². The molecule has 4 heteroatoms. The third-order valence-electron chi connectivity index (χ3n) is 3.45. The van der Waals surface area contributed by atoms with E-state index in [0.717, 1.165) is 30.6 Å². The van der Waals surface area contributed by atoms with Crippen molar-refractivity contribution in [3.05, 3.63) is 29.3 Å². The molecule has 4 nitrogen and oxygen atoms in total. The standard InChI is InChI=1S/C15H18N2O2/c1-3-19-15(18)14-5-4-8-17(14)13-7-6-12(10-16)9-11(13)2/h6-7,9,14H,3-5,8H2,1-2H3. The van der Waals surface area contributed by atoms with Gasteiger partial charge in [0.05, 0.1) is 18.2 Å². The second-order valence-electron chi connectivity index (χ2n) is 4.72. The maximum absolute atomic E-state index is 11.9. The number of anilines is 1. The lowest BCUT2D eigenvalue weighted by Gasteiger charge is -2.26. The van der Waals surface area contributed by atoms with Gasteiger partial charge >= 0.3 is 5.97 Å². The van der Waals surface area contributed by atoms with Crippen LogP contribution in [0.4, 0.5) is 5.69 Å². The van der Waals surface area contributed by atoms with Gasteiger partial charge in [-0.25, -0.2) is 4.79 Å². The first-order valence-corrected chi connectivity index (χ1v) is 6.61. The summed E-state index contributed by atoms with van der Waals surface area (Å²) >= 11 is 0. The van der Waals surface area contributed by atoms with E-state index in [1.807, 2.05) is 26.0 Å².